The summed E-state index contributed by atoms with van der Waals surface area (Å²) in [7, 11) is 0. The molecule has 1 aliphatic carbocycles. The van der Waals surface area contributed by atoms with E-state index in [9.17, 15) is 0 Å². The Hall–Kier alpha value is -2.63. The number of halogens is 1. The molecule has 0 spiro atoms. The number of allylic oxidation sites excluding steroid dienone is 1. The molecule has 1 fully saturated rings. The van der Waals surface area contributed by atoms with Gasteiger partial charge in [0.15, 0.2) is 0 Å². The highest BCUT2D eigenvalue weighted by Gasteiger charge is 2.27. The fraction of sp³-hybridized carbons (Fsp3) is 0.333. The Morgan fingerprint density at radius 3 is 2.67 bits per heavy atom. The van der Waals surface area contributed by atoms with Crippen LogP contribution < -0.4 is 16.4 Å². The Balaban J connectivity index is 1.40. The van der Waals surface area contributed by atoms with Crippen molar-refractivity contribution in [1.29, 1.82) is 0 Å². The maximum atomic E-state index is 6.41. The Morgan fingerprint density at radius 1 is 1.10 bits per heavy atom. The van der Waals surface area contributed by atoms with E-state index < -0.39 is 0 Å². The number of fused-ring (bicyclic) bond motifs is 1. The number of anilines is 1. The minimum Gasteiger partial charge on any atom is -0.466 e. The summed E-state index contributed by atoms with van der Waals surface area (Å²) < 4.78 is 6.17. The maximum absolute atomic E-state index is 6.41. The molecule has 2 aliphatic rings. The molecular weight excluding hydrogens is 396 g/mol. The SMILES string of the molecule is NCC1=C(Cc2ccccc2)NC(c2cc3cc(Cl)cc(NC4CCCC4)c3[nH]2)O1. The summed E-state index contributed by atoms with van der Waals surface area (Å²) in [5.74, 6) is 0.810. The number of ether oxygens (including phenoxy) is 1. The Morgan fingerprint density at radius 2 is 1.90 bits per heavy atom. The van der Waals surface area contributed by atoms with Gasteiger partial charge >= 0.3 is 0 Å². The first-order valence-corrected chi connectivity index (χ1v) is 11.1. The van der Waals surface area contributed by atoms with Gasteiger partial charge in [0.05, 0.1) is 29.1 Å². The minimum atomic E-state index is -0.284. The molecule has 6 heteroatoms. The number of nitrogens with two attached hydrogens (primary N) is 1. The first-order chi connectivity index (χ1) is 14.7. The van der Waals surface area contributed by atoms with Crippen LogP contribution >= 0.6 is 11.6 Å². The lowest BCUT2D eigenvalue weighted by molar-refractivity contribution is 0.124. The average Bonchev–Trinajstić information content (AvgIpc) is 3.48. The van der Waals surface area contributed by atoms with Crippen LogP contribution in [0.4, 0.5) is 5.69 Å². The van der Waals surface area contributed by atoms with Crippen LogP contribution in [-0.4, -0.2) is 17.6 Å². The number of hydrogen-bond donors (Lipinski definition) is 4. The Labute approximate surface area is 181 Å². The zero-order chi connectivity index (χ0) is 20.5. The lowest BCUT2D eigenvalue weighted by atomic mass is 10.1. The van der Waals surface area contributed by atoms with Crippen molar-refractivity contribution in [1.82, 2.24) is 10.3 Å². The summed E-state index contributed by atoms with van der Waals surface area (Å²) >= 11 is 6.41. The number of aromatic amines is 1. The number of rotatable bonds is 6. The summed E-state index contributed by atoms with van der Waals surface area (Å²) in [4.78, 5) is 3.56. The van der Waals surface area contributed by atoms with Gasteiger partial charge in [-0.2, -0.15) is 0 Å². The highest BCUT2D eigenvalue weighted by Crippen LogP contribution is 2.35. The standard InChI is InChI=1S/C24H27ClN4O/c25-17-11-16-12-21(28-23(16)20(13-17)27-18-8-4-5-9-18)24-29-19(22(14-26)30-24)10-15-6-2-1-3-7-15/h1-3,6-7,11-13,18,24,27-29H,4-5,8-10,14,26H2. The van der Waals surface area contributed by atoms with Crippen molar-refractivity contribution in [2.75, 3.05) is 11.9 Å². The van der Waals surface area contributed by atoms with Crippen LogP contribution in [0, 0.1) is 0 Å². The van der Waals surface area contributed by atoms with E-state index in [0.717, 1.165) is 45.2 Å². The normalized spacial score (nSPS) is 19.3. The quantitative estimate of drug-likeness (QED) is 0.440. The Bertz CT molecular complexity index is 1070. The van der Waals surface area contributed by atoms with E-state index in [-0.39, 0.29) is 6.23 Å². The summed E-state index contributed by atoms with van der Waals surface area (Å²) in [5, 5.41) is 9.01. The molecule has 0 bridgehead atoms. The van der Waals surface area contributed by atoms with Gasteiger partial charge in [0.2, 0.25) is 6.23 Å². The molecule has 1 aromatic heterocycles. The van der Waals surface area contributed by atoms with Gasteiger partial charge in [-0.25, -0.2) is 0 Å². The lowest BCUT2D eigenvalue weighted by Crippen LogP contribution is -2.17. The van der Waals surface area contributed by atoms with Crippen molar-refractivity contribution < 1.29 is 4.74 Å². The molecule has 3 aromatic rings. The molecule has 0 radical (unpaired) electrons. The molecule has 0 saturated heterocycles. The zero-order valence-corrected chi connectivity index (χ0v) is 17.6. The Kier molecular flexibility index (Phi) is 5.32. The van der Waals surface area contributed by atoms with E-state index in [1.54, 1.807) is 0 Å². The highest BCUT2D eigenvalue weighted by molar-refractivity contribution is 6.31. The van der Waals surface area contributed by atoms with Crippen molar-refractivity contribution in [2.45, 2.75) is 44.4 Å². The average molecular weight is 423 g/mol. The van der Waals surface area contributed by atoms with Crippen molar-refractivity contribution in [3.05, 3.63) is 76.3 Å². The lowest BCUT2D eigenvalue weighted by Gasteiger charge is -2.15. The second kappa shape index (κ2) is 8.25. The van der Waals surface area contributed by atoms with Crippen LogP contribution in [0.25, 0.3) is 10.9 Å². The van der Waals surface area contributed by atoms with E-state index in [4.69, 9.17) is 22.1 Å². The van der Waals surface area contributed by atoms with Crippen LogP contribution in [0.15, 0.2) is 60.0 Å². The first-order valence-electron chi connectivity index (χ1n) is 10.7. The fourth-order valence-corrected chi connectivity index (χ4v) is 4.74. The molecule has 5 nitrogen and oxygen atoms in total. The van der Waals surface area contributed by atoms with Gasteiger partial charge in [-0.3, -0.25) is 0 Å². The second-order valence-electron chi connectivity index (χ2n) is 8.18. The monoisotopic (exact) mass is 422 g/mol. The van der Waals surface area contributed by atoms with E-state index in [1.807, 2.05) is 30.3 Å². The molecule has 1 saturated carbocycles. The van der Waals surface area contributed by atoms with Crippen molar-refractivity contribution in [3.8, 4) is 0 Å². The third kappa shape index (κ3) is 3.87. The first kappa shape index (κ1) is 19.3. The molecule has 2 heterocycles. The zero-order valence-electron chi connectivity index (χ0n) is 16.9. The third-order valence-electron chi connectivity index (χ3n) is 6.02. The number of aromatic nitrogens is 1. The smallest absolute Gasteiger partial charge is 0.210 e. The number of H-pyrrole nitrogens is 1. The van der Waals surface area contributed by atoms with E-state index in [2.05, 4.69) is 33.8 Å². The third-order valence-corrected chi connectivity index (χ3v) is 6.24. The van der Waals surface area contributed by atoms with E-state index in [1.165, 1.54) is 31.2 Å². The summed E-state index contributed by atoms with van der Waals surface area (Å²) in [6.07, 6.45) is 5.48. The van der Waals surface area contributed by atoms with Gasteiger partial charge in [-0.15, -0.1) is 0 Å². The predicted octanol–water partition coefficient (Wildman–Crippen LogP) is 5.21. The molecule has 5 rings (SSSR count). The van der Waals surface area contributed by atoms with Gasteiger partial charge in [0.1, 0.15) is 5.76 Å². The summed E-state index contributed by atoms with van der Waals surface area (Å²) in [5.41, 5.74) is 11.3. The topological polar surface area (TPSA) is 75.1 Å². The van der Waals surface area contributed by atoms with Crippen LogP contribution in [0.3, 0.4) is 0 Å². The molecule has 0 amide bonds. The van der Waals surface area contributed by atoms with Crippen molar-refractivity contribution in [2.24, 2.45) is 5.73 Å². The summed E-state index contributed by atoms with van der Waals surface area (Å²) in [6, 6.07) is 17.0. The number of nitrogens with one attached hydrogen (secondary N) is 3. The van der Waals surface area contributed by atoms with Gasteiger partial charge < -0.3 is 26.1 Å². The summed E-state index contributed by atoms with van der Waals surface area (Å²) in [6.45, 7) is 0.367. The molecular formula is C24H27ClN4O. The predicted molar refractivity (Wildman–Crippen MR) is 122 cm³/mol. The molecule has 1 atom stereocenters. The van der Waals surface area contributed by atoms with Gasteiger partial charge in [0.25, 0.3) is 0 Å². The van der Waals surface area contributed by atoms with Crippen LogP contribution in [0.5, 0.6) is 0 Å². The number of hydrogen-bond acceptors (Lipinski definition) is 4. The molecule has 30 heavy (non-hydrogen) atoms. The van der Waals surface area contributed by atoms with E-state index >= 15 is 0 Å². The van der Waals surface area contributed by atoms with Crippen molar-refractivity contribution >= 4 is 28.2 Å². The van der Waals surface area contributed by atoms with Crippen molar-refractivity contribution in [3.63, 3.8) is 0 Å². The second-order valence-corrected chi connectivity index (χ2v) is 8.61. The van der Waals surface area contributed by atoms with Gasteiger partial charge in [-0.1, -0.05) is 54.8 Å². The molecule has 5 N–H and O–H groups in total. The molecule has 2 aromatic carbocycles. The van der Waals surface area contributed by atoms with Crippen LogP contribution in [0.2, 0.25) is 5.02 Å². The van der Waals surface area contributed by atoms with E-state index in [0.29, 0.717) is 12.6 Å². The highest BCUT2D eigenvalue weighted by atomic mass is 35.5. The van der Waals surface area contributed by atoms with Gasteiger partial charge in [-0.05, 0) is 36.6 Å². The van der Waals surface area contributed by atoms with Crippen LogP contribution in [-0.2, 0) is 11.2 Å². The molecule has 1 unspecified atom stereocenters. The maximum Gasteiger partial charge on any atom is 0.210 e. The molecule has 156 valence electrons. The fourth-order valence-electron chi connectivity index (χ4n) is 4.52. The molecule has 1 aliphatic heterocycles. The largest absolute Gasteiger partial charge is 0.466 e. The van der Waals surface area contributed by atoms with Crippen LogP contribution in [0.1, 0.15) is 43.2 Å². The van der Waals surface area contributed by atoms with Gasteiger partial charge in [0, 0.05) is 22.9 Å². The number of benzene rings is 2. The minimum absolute atomic E-state index is 0.284.